The van der Waals surface area contributed by atoms with Crippen molar-refractivity contribution in [3.05, 3.63) is 35.3 Å². The summed E-state index contributed by atoms with van der Waals surface area (Å²) in [5, 5.41) is 14.1. The molecule has 0 aliphatic carbocycles. The van der Waals surface area contributed by atoms with Crippen LogP contribution in [-0.4, -0.2) is 59.4 Å². The molecule has 1 atom stereocenters. The van der Waals surface area contributed by atoms with Crippen LogP contribution in [0.15, 0.2) is 21.7 Å². The standard InChI is InChI=1S/C20H31N7O3.HI/c1-4-21-20(23-10-5-9-22-19(28)18-14(2)8-11-30-18)24-15-6-7-17-25-16(13-29-3)26-27(17)12-15;/h8,11,15H,4-7,9-10,12-13H2,1-3H3,(H,22,28)(H2,21,23,24);1H. The van der Waals surface area contributed by atoms with Crippen LogP contribution in [0.3, 0.4) is 0 Å². The van der Waals surface area contributed by atoms with E-state index >= 15 is 0 Å². The molecule has 0 fully saturated rings. The van der Waals surface area contributed by atoms with Gasteiger partial charge in [-0.1, -0.05) is 0 Å². The van der Waals surface area contributed by atoms with Crippen molar-refractivity contribution >= 4 is 35.8 Å². The lowest BCUT2D eigenvalue weighted by Crippen LogP contribution is -2.47. The number of aliphatic imine (C=N–C) groups is 1. The summed E-state index contributed by atoms with van der Waals surface area (Å²) in [6, 6.07) is 2.01. The first-order chi connectivity index (χ1) is 14.6. The number of hydrogen-bond donors (Lipinski definition) is 3. The van der Waals surface area contributed by atoms with Gasteiger partial charge in [-0.3, -0.25) is 9.79 Å². The van der Waals surface area contributed by atoms with Crippen molar-refractivity contribution in [1.82, 2.24) is 30.7 Å². The molecule has 1 amide bonds. The second-order valence-corrected chi connectivity index (χ2v) is 7.24. The zero-order valence-electron chi connectivity index (χ0n) is 18.3. The first kappa shape index (κ1) is 25.1. The molecule has 0 bridgehead atoms. The summed E-state index contributed by atoms with van der Waals surface area (Å²) in [7, 11) is 1.65. The van der Waals surface area contributed by atoms with Crippen LogP contribution < -0.4 is 16.0 Å². The number of nitrogens with zero attached hydrogens (tertiary/aromatic N) is 4. The third kappa shape index (κ3) is 7.20. The molecule has 31 heavy (non-hydrogen) atoms. The van der Waals surface area contributed by atoms with Gasteiger partial charge in [0.1, 0.15) is 12.4 Å². The van der Waals surface area contributed by atoms with Crippen molar-refractivity contribution in [1.29, 1.82) is 0 Å². The number of aromatic nitrogens is 3. The highest BCUT2D eigenvalue weighted by molar-refractivity contribution is 14.0. The number of rotatable bonds is 9. The SMILES string of the molecule is CCNC(=NCCCNC(=O)c1occc1C)NC1CCc2nc(COC)nn2C1.I. The molecule has 1 aliphatic heterocycles. The predicted molar refractivity (Wildman–Crippen MR) is 128 cm³/mol. The Balaban J connectivity index is 0.00000341. The number of furan rings is 1. The zero-order chi connectivity index (χ0) is 21.3. The van der Waals surface area contributed by atoms with E-state index in [0.717, 1.165) is 55.5 Å². The summed E-state index contributed by atoms with van der Waals surface area (Å²) < 4.78 is 12.3. The van der Waals surface area contributed by atoms with E-state index in [1.807, 2.05) is 18.5 Å². The average molecular weight is 545 g/mol. The molecule has 0 radical (unpaired) electrons. The van der Waals surface area contributed by atoms with E-state index in [9.17, 15) is 4.79 Å². The topological polar surface area (TPSA) is 119 Å². The predicted octanol–water partition coefficient (Wildman–Crippen LogP) is 1.63. The Labute approximate surface area is 199 Å². The number of guanidine groups is 1. The smallest absolute Gasteiger partial charge is 0.287 e. The summed E-state index contributed by atoms with van der Waals surface area (Å²) in [5.41, 5.74) is 0.835. The fraction of sp³-hybridized carbons (Fsp3) is 0.600. The van der Waals surface area contributed by atoms with Crippen molar-refractivity contribution < 1.29 is 13.9 Å². The summed E-state index contributed by atoms with van der Waals surface area (Å²) >= 11 is 0. The minimum Gasteiger partial charge on any atom is -0.459 e. The Morgan fingerprint density at radius 3 is 2.97 bits per heavy atom. The maximum atomic E-state index is 12.0. The van der Waals surface area contributed by atoms with E-state index in [1.54, 1.807) is 13.2 Å². The molecular formula is C20H32IN7O3. The zero-order valence-corrected chi connectivity index (χ0v) is 20.6. The fourth-order valence-corrected chi connectivity index (χ4v) is 3.34. The molecule has 11 heteroatoms. The largest absolute Gasteiger partial charge is 0.459 e. The quantitative estimate of drug-likeness (QED) is 0.190. The molecule has 0 saturated heterocycles. The molecular weight excluding hydrogens is 513 g/mol. The molecule has 172 valence electrons. The first-order valence-corrected chi connectivity index (χ1v) is 10.4. The third-order valence-electron chi connectivity index (χ3n) is 4.82. The Hall–Kier alpha value is -2.15. The lowest BCUT2D eigenvalue weighted by molar-refractivity contribution is 0.0925. The molecule has 10 nitrogen and oxygen atoms in total. The van der Waals surface area contributed by atoms with Gasteiger partial charge in [-0.05, 0) is 32.8 Å². The van der Waals surface area contributed by atoms with Gasteiger partial charge in [-0.15, -0.1) is 24.0 Å². The number of amides is 1. The number of fused-ring (bicyclic) bond motifs is 1. The van der Waals surface area contributed by atoms with Crippen LogP contribution in [0.2, 0.25) is 0 Å². The van der Waals surface area contributed by atoms with Crippen molar-refractivity contribution in [3.63, 3.8) is 0 Å². The number of aryl methyl sites for hydroxylation is 2. The highest BCUT2D eigenvalue weighted by Crippen LogP contribution is 2.13. The van der Waals surface area contributed by atoms with Gasteiger partial charge in [0.05, 0.1) is 12.8 Å². The van der Waals surface area contributed by atoms with Crippen LogP contribution in [0.25, 0.3) is 0 Å². The molecule has 0 spiro atoms. The molecule has 3 rings (SSSR count). The minimum atomic E-state index is -0.190. The van der Waals surface area contributed by atoms with Crippen LogP contribution >= 0.6 is 24.0 Å². The van der Waals surface area contributed by atoms with Gasteiger partial charge >= 0.3 is 0 Å². The van der Waals surface area contributed by atoms with Gasteiger partial charge in [0, 0.05) is 44.8 Å². The molecule has 2 aromatic heterocycles. The molecule has 0 saturated carbocycles. The van der Waals surface area contributed by atoms with E-state index in [-0.39, 0.29) is 35.9 Å². The second kappa shape index (κ2) is 12.6. The Kier molecular flexibility index (Phi) is 10.2. The summed E-state index contributed by atoms with van der Waals surface area (Å²) in [6.07, 6.45) is 4.09. The van der Waals surface area contributed by atoms with Crippen molar-refractivity contribution in [2.24, 2.45) is 4.99 Å². The number of nitrogens with one attached hydrogen (secondary N) is 3. The lowest BCUT2D eigenvalue weighted by Gasteiger charge is -2.25. The highest BCUT2D eigenvalue weighted by Gasteiger charge is 2.22. The van der Waals surface area contributed by atoms with Gasteiger partial charge in [0.25, 0.3) is 5.91 Å². The Morgan fingerprint density at radius 1 is 1.42 bits per heavy atom. The minimum absolute atomic E-state index is 0. The van der Waals surface area contributed by atoms with Crippen molar-refractivity contribution in [2.75, 3.05) is 26.7 Å². The van der Waals surface area contributed by atoms with Crippen LogP contribution in [0.4, 0.5) is 0 Å². The van der Waals surface area contributed by atoms with E-state index in [1.165, 1.54) is 6.26 Å². The van der Waals surface area contributed by atoms with Crippen molar-refractivity contribution in [3.8, 4) is 0 Å². The van der Waals surface area contributed by atoms with Crippen LogP contribution in [-0.2, 0) is 24.3 Å². The third-order valence-corrected chi connectivity index (χ3v) is 4.82. The second-order valence-electron chi connectivity index (χ2n) is 7.24. The fourth-order valence-electron chi connectivity index (χ4n) is 3.34. The lowest BCUT2D eigenvalue weighted by atomic mass is 10.1. The Bertz CT molecular complexity index is 865. The number of carbonyl (C=O) groups excluding carboxylic acids is 1. The van der Waals surface area contributed by atoms with Crippen LogP contribution in [0, 0.1) is 6.92 Å². The van der Waals surface area contributed by atoms with E-state index < -0.39 is 0 Å². The first-order valence-electron chi connectivity index (χ1n) is 10.4. The molecule has 2 aromatic rings. The Morgan fingerprint density at radius 2 is 2.26 bits per heavy atom. The highest BCUT2D eigenvalue weighted by atomic mass is 127. The summed E-state index contributed by atoms with van der Waals surface area (Å²) in [4.78, 5) is 21.2. The number of carbonyl (C=O) groups is 1. The number of halogens is 1. The normalized spacial score (nSPS) is 15.7. The number of hydrogen-bond acceptors (Lipinski definition) is 6. The molecule has 1 aliphatic rings. The van der Waals surface area contributed by atoms with Crippen LogP contribution in [0.1, 0.15) is 47.5 Å². The summed E-state index contributed by atoms with van der Waals surface area (Å²) in [6.45, 7) is 6.98. The van der Waals surface area contributed by atoms with Gasteiger partial charge in [-0.2, -0.15) is 5.10 Å². The maximum Gasteiger partial charge on any atom is 0.287 e. The average Bonchev–Trinajstić information content (AvgIpc) is 3.33. The van der Waals surface area contributed by atoms with E-state index in [0.29, 0.717) is 25.5 Å². The molecule has 1 unspecified atom stereocenters. The number of ether oxygens (including phenoxy) is 1. The molecule has 3 N–H and O–H groups in total. The molecule has 3 heterocycles. The molecule has 0 aromatic carbocycles. The van der Waals surface area contributed by atoms with Gasteiger partial charge in [0.2, 0.25) is 0 Å². The van der Waals surface area contributed by atoms with Gasteiger partial charge in [0.15, 0.2) is 17.5 Å². The van der Waals surface area contributed by atoms with Crippen LogP contribution in [0.5, 0.6) is 0 Å². The van der Waals surface area contributed by atoms with Crippen molar-refractivity contribution in [2.45, 2.75) is 52.3 Å². The van der Waals surface area contributed by atoms with Gasteiger partial charge < -0.3 is 25.1 Å². The monoisotopic (exact) mass is 545 g/mol. The van der Waals surface area contributed by atoms with E-state index in [2.05, 4.69) is 31.0 Å². The summed E-state index contributed by atoms with van der Waals surface area (Å²) in [5.74, 6) is 2.68. The number of methoxy groups -OCH3 is 1. The van der Waals surface area contributed by atoms with E-state index in [4.69, 9.17) is 9.15 Å². The van der Waals surface area contributed by atoms with Gasteiger partial charge in [-0.25, -0.2) is 9.67 Å². The maximum absolute atomic E-state index is 12.0.